The molecule has 0 spiro atoms. The molecule has 22 heavy (non-hydrogen) atoms. The Morgan fingerprint density at radius 1 is 1.05 bits per heavy atom. The van der Waals surface area contributed by atoms with Crippen molar-refractivity contribution in [2.75, 3.05) is 0 Å². The molecular formula is C12H9Cl6N3O. The number of rotatable bonds is 1. The molecule has 0 aromatic carbocycles. The molecule has 0 saturated carbocycles. The van der Waals surface area contributed by atoms with Crippen LogP contribution < -0.4 is 5.32 Å². The van der Waals surface area contributed by atoms with Gasteiger partial charge in [0.15, 0.2) is 17.5 Å². The zero-order valence-corrected chi connectivity index (χ0v) is 15.8. The van der Waals surface area contributed by atoms with Crippen LogP contribution in [0.3, 0.4) is 0 Å². The summed E-state index contributed by atoms with van der Waals surface area (Å²) in [6.45, 7) is 3.64. The number of nitrogens with zero attached hydrogens (tertiary/aromatic N) is 2. The maximum absolute atomic E-state index is 5.85. The lowest BCUT2D eigenvalue weighted by Crippen LogP contribution is -2.46. The van der Waals surface area contributed by atoms with Crippen molar-refractivity contribution in [1.82, 2.24) is 5.32 Å². The standard InChI is InChI=1S/C12H9Cl6N3O/c1-5-3-7(22-4-5)6(2)8-19-9(11(13,14)15)21-10(20-8)12(16,17)18/h3-4H,1-2H3,(H,19,20,21). The zero-order chi connectivity index (χ0) is 16.7. The van der Waals surface area contributed by atoms with Gasteiger partial charge in [-0.05, 0) is 25.5 Å². The lowest BCUT2D eigenvalue weighted by Gasteiger charge is -2.25. The summed E-state index contributed by atoms with van der Waals surface area (Å²) in [5, 5.41) is 2.62. The van der Waals surface area contributed by atoms with Crippen molar-refractivity contribution in [2.45, 2.75) is 21.4 Å². The van der Waals surface area contributed by atoms with Crippen molar-refractivity contribution in [3.05, 3.63) is 29.5 Å². The Kier molecular flexibility index (Phi) is 5.32. The van der Waals surface area contributed by atoms with E-state index < -0.39 is 7.59 Å². The molecule has 0 atom stereocenters. The molecule has 2 heterocycles. The molecule has 2 rings (SSSR count). The van der Waals surface area contributed by atoms with E-state index in [-0.39, 0.29) is 17.5 Å². The van der Waals surface area contributed by atoms with Crippen LogP contribution in [0.4, 0.5) is 0 Å². The van der Waals surface area contributed by atoms with E-state index in [1.54, 1.807) is 13.2 Å². The van der Waals surface area contributed by atoms with Crippen LogP contribution in [0.15, 0.2) is 32.6 Å². The van der Waals surface area contributed by atoms with Gasteiger partial charge in [-0.2, -0.15) is 0 Å². The lowest BCUT2D eigenvalue weighted by atomic mass is 10.2. The molecule has 0 fully saturated rings. The second-order valence-corrected chi connectivity index (χ2v) is 9.04. The molecule has 0 aliphatic carbocycles. The van der Waals surface area contributed by atoms with Gasteiger partial charge in [-0.3, -0.25) is 0 Å². The number of aliphatic imine (C=N–C) groups is 2. The third kappa shape index (κ3) is 4.25. The fraction of sp³-hybridized carbons (Fsp3) is 0.333. The van der Waals surface area contributed by atoms with E-state index in [0.29, 0.717) is 11.3 Å². The molecule has 0 amide bonds. The highest BCUT2D eigenvalue weighted by Gasteiger charge is 2.38. The van der Waals surface area contributed by atoms with Crippen LogP contribution in [0, 0.1) is 6.92 Å². The maximum Gasteiger partial charge on any atom is 0.248 e. The number of hydrogen-bond acceptors (Lipinski definition) is 4. The zero-order valence-electron chi connectivity index (χ0n) is 11.2. The predicted octanol–water partition coefficient (Wildman–Crippen LogP) is 5.42. The lowest BCUT2D eigenvalue weighted by molar-refractivity contribution is 0.550. The average molecular weight is 424 g/mol. The van der Waals surface area contributed by atoms with Gasteiger partial charge >= 0.3 is 0 Å². The topological polar surface area (TPSA) is 49.9 Å². The van der Waals surface area contributed by atoms with E-state index in [2.05, 4.69) is 15.3 Å². The summed E-state index contributed by atoms with van der Waals surface area (Å²) in [6, 6.07) is 1.82. The molecule has 0 bridgehead atoms. The molecule has 10 heteroatoms. The third-order valence-corrected chi connectivity index (χ3v) is 3.72. The Morgan fingerprint density at radius 2 is 1.55 bits per heavy atom. The Hall–Kier alpha value is -0.100. The van der Waals surface area contributed by atoms with Gasteiger partial charge in [-0.15, -0.1) is 0 Å². The molecule has 4 nitrogen and oxygen atoms in total. The normalized spacial score (nSPS) is 16.1. The second kappa shape index (κ2) is 6.42. The molecule has 1 aliphatic rings. The van der Waals surface area contributed by atoms with E-state index in [1.807, 2.05) is 13.0 Å². The first-order valence-corrected chi connectivity index (χ1v) is 8.10. The van der Waals surface area contributed by atoms with Crippen LogP contribution in [0.5, 0.6) is 0 Å². The van der Waals surface area contributed by atoms with Gasteiger partial charge in [0.05, 0.1) is 6.26 Å². The van der Waals surface area contributed by atoms with Crippen LogP contribution in [0.1, 0.15) is 18.2 Å². The van der Waals surface area contributed by atoms with E-state index in [4.69, 9.17) is 74.0 Å². The van der Waals surface area contributed by atoms with Crippen molar-refractivity contribution >= 4 is 86.8 Å². The van der Waals surface area contributed by atoms with Gasteiger partial charge in [0.1, 0.15) is 5.76 Å². The number of nitrogens with one attached hydrogen (secondary N) is 1. The Bertz CT molecular complexity index is 646. The number of hydrogen-bond donors (Lipinski definition) is 1. The van der Waals surface area contributed by atoms with E-state index in [1.165, 1.54) is 0 Å². The summed E-state index contributed by atoms with van der Waals surface area (Å²) in [5.41, 5.74) is 1.55. The Morgan fingerprint density at radius 3 is 1.91 bits per heavy atom. The molecule has 1 aliphatic heterocycles. The second-order valence-electron chi connectivity index (χ2n) is 4.48. The molecule has 1 aromatic rings. The molecule has 1 N–H and O–H groups in total. The summed E-state index contributed by atoms with van der Waals surface area (Å²) >= 11 is 35.1. The van der Waals surface area contributed by atoms with Crippen LogP contribution in [-0.4, -0.2) is 19.3 Å². The number of aryl methyl sites for hydroxylation is 1. The Balaban J connectivity index is 2.57. The number of allylic oxidation sites excluding steroid dienone is 1. The minimum atomic E-state index is -1.83. The quantitative estimate of drug-likeness (QED) is 0.613. The largest absolute Gasteiger partial charge is 0.464 e. The van der Waals surface area contributed by atoms with Crippen molar-refractivity contribution < 1.29 is 4.42 Å². The van der Waals surface area contributed by atoms with E-state index in [0.717, 1.165) is 5.56 Å². The molecule has 1 aromatic heterocycles. The van der Waals surface area contributed by atoms with Crippen molar-refractivity contribution in [3.8, 4) is 0 Å². The highest BCUT2D eigenvalue weighted by Crippen LogP contribution is 2.35. The smallest absolute Gasteiger partial charge is 0.248 e. The number of amidine groups is 2. The van der Waals surface area contributed by atoms with Crippen LogP contribution in [0.2, 0.25) is 0 Å². The fourth-order valence-corrected chi connectivity index (χ4v) is 2.12. The molecule has 120 valence electrons. The molecular weight excluding hydrogens is 415 g/mol. The average Bonchev–Trinajstić information content (AvgIpc) is 2.82. The number of halogens is 6. The Labute approximate surface area is 157 Å². The summed E-state index contributed by atoms with van der Waals surface area (Å²) in [4.78, 5) is 8.34. The van der Waals surface area contributed by atoms with Gasteiger partial charge in [0.25, 0.3) is 0 Å². The number of furan rings is 1. The predicted molar refractivity (Wildman–Crippen MR) is 94.6 cm³/mol. The summed E-state index contributed by atoms with van der Waals surface area (Å²) in [7, 11) is 0. The van der Waals surface area contributed by atoms with Crippen LogP contribution >= 0.6 is 69.6 Å². The first-order chi connectivity index (χ1) is 9.98. The van der Waals surface area contributed by atoms with Crippen LogP contribution in [0.25, 0.3) is 5.57 Å². The van der Waals surface area contributed by atoms with Crippen molar-refractivity contribution in [3.63, 3.8) is 0 Å². The SMILES string of the molecule is CC(=C1N=C(C(Cl)(Cl)Cl)NC(C(Cl)(Cl)Cl)=N1)c1cc(C)co1. The first kappa shape index (κ1) is 18.2. The van der Waals surface area contributed by atoms with Gasteiger partial charge in [-0.25, -0.2) is 9.98 Å². The third-order valence-electron chi connectivity index (χ3n) is 2.64. The fourth-order valence-electron chi connectivity index (χ4n) is 1.58. The van der Waals surface area contributed by atoms with Gasteiger partial charge in [-0.1, -0.05) is 69.6 Å². The highest BCUT2D eigenvalue weighted by atomic mass is 35.6. The van der Waals surface area contributed by atoms with Crippen LogP contribution in [-0.2, 0) is 0 Å². The van der Waals surface area contributed by atoms with Crippen molar-refractivity contribution in [2.24, 2.45) is 9.98 Å². The molecule has 0 radical (unpaired) electrons. The van der Waals surface area contributed by atoms with Gasteiger partial charge in [0, 0.05) is 5.57 Å². The van der Waals surface area contributed by atoms with E-state index in [9.17, 15) is 0 Å². The maximum atomic E-state index is 5.85. The minimum Gasteiger partial charge on any atom is -0.464 e. The summed E-state index contributed by atoms with van der Waals surface area (Å²) in [5.74, 6) is 0.739. The van der Waals surface area contributed by atoms with E-state index >= 15 is 0 Å². The van der Waals surface area contributed by atoms with Gasteiger partial charge in [0.2, 0.25) is 7.59 Å². The molecule has 0 saturated heterocycles. The molecule has 0 unspecified atom stereocenters. The minimum absolute atomic E-state index is 0.0218. The number of alkyl halides is 6. The summed E-state index contributed by atoms with van der Waals surface area (Å²) < 4.78 is 1.74. The monoisotopic (exact) mass is 421 g/mol. The first-order valence-electron chi connectivity index (χ1n) is 5.83. The highest BCUT2D eigenvalue weighted by molar-refractivity contribution is 6.79. The van der Waals surface area contributed by atoms with Gasteiger partial charge < -0.3 is 9.73 Å². The summed E-state index contributed by atoms with van der Waals surface area (Å²) in [6.07, 6.45) is 1.60. The van der Waals surface area contributed by atoms with Crippen molar-refractivity contribution in [1.29, 1.82) is 0 Å².